The van der Waals surface area contributed by atoms with Gasteiger partial charge in [0.2, 0.25) is 0 Å². The van der Waals surface area contributed by atoms with Crippen molar-refractivity contribution in [3.05, 3.63) is 95.6 Å². The number of rotatable bonds is 4. The van der Waals surface area contributed by atoms with Gasteiger partial charge >= 0.3 is 0 Å². The van der Waals surface area contributed by atoms with Crippen molar-refractivity contribution in [2.45, 2.75) is 0 Å². The van der Waals surface area contributed by atoms with E-state index in [1.54, 1.807) is 0 Å². The van der Waals surface area contributed by atoms with Crippen LogP contribution >= 0.6 is 0 Å². The first-order valence-corrected chi connectivity index (χ1v) is 7.44. The number of benzene rings is 3. The number of nitrogens with zero attached hydrogens (tertiary/aromatic N) is 1. The summed E-state index contributed by atoms with van der Waals surface area (Å²) < 4.78 is 0. The minimum atomic E-state index is 0.679. The molecule has 3 aromatic rings. The standard InChI is InChI=1S/C21H16N2/c22-16-19-10-8-17(9-11-19)6-7-18-12-14-21(15-13-18)23-20-4-2-1-3-5-20/h1-15,23H. The van der Waals surface area contributed by atoms with Gasteiger partial charge in [0.1, 0.15) is 0 Å². The van der Waals surface area contributed by atoms with E-state index in [0.29, 0.717) is 5.56 Å². The van der Waals surface area contributed by atoms with Gasteiger partial charge in [-0.15, -0.1) is 0 Å². The van der Waals surface area contributed by atoms with Crippen molar-refractivity contribution < 1.29 is 0 Å². The van der Waals surface area contributed by atoms with Crippen molar-refractivity contribution in [2.75, 3.05) is 5.32 Å². The summed E-state index contributed by atoms with van der Waals surface area (Å²) in [4.78, 5) is 0. The lowest BCUT2D eigenvalue weighted by molar-refractivity contribution is 1.48. The molecule has 3 rings (SSSR count). The number of hydrogen-bond acceptors (Lipinski definition) is 2. The molecule has 0 aliphatic heterocycles. The van der Waals surface area contributed by atoms with E-state index in [2.05, 4.69) is 41.7 Å². The van der Waals surface area contributed by atoms with E-state index in [4.69, 9.17) is 5.26 Å². The minimum absolute atomic E-state index is 0.679. The molecule has 0 amide bonds. The highest BCUT2D eigenvalue weighted by Crippen LogP contribution is 2.17. The van der Waals surface area contributed by atoms with E-state index in [1.807, 2.05) is 60.7 Å². The molecule has 3 aromatic carbocycles. The van der Waals surface area contributed by atoms with Crippen molar-refractivity contribution >= 4 is 23.5 Å². The molecule has 0 aliphatic rings. The van der Waals surface area contributed by atoms with Gasteiger partial charge in [0.25, 0.3) is 0 Å². The zero-order valence-electron chi connectivity index (χ0n) is 12.6. The monoisotopic (exact) mass is 296 g/mol. The summed E-state index contributed by atoms with van der Waals surface area (Å²) in [6.45, 7) is 0. The number of nitrogens with one attached hydrogen (secondary N) is 1. The third-order valence-electron chi connectivity index (χ3n) is 3.48. The van der Waals surface area contributed by atoms with Crippen LogP contribution in [0.15, 0.2) is 78.9 Å². The van der Waals surface area contributed by atoms with Crippen molar-refractivity contribution in [3.63, 3.8) is 0 Å². The number of anilines is 2. The zero-order chi connectivity index (χ0) is 15.9. The lowest BCUT2D eigenvalue weighted by Crippen LogP contribution is -1.89. The summed E-state index contributed by atoms with van der Waals surface area (Å²) in [7, 11) is 0. The van der Waals surface area contributed by atoms with Gasteiger partial charge in [0.05, 0.1) is 11.6 Å². The molecule has 2 nitrogen and oxygen atoms in total. The van der Waals surface area contributed by atoms with Gasteiger partial charge in [-0.2, -0.15) is 5.26 Å². The van der Waals surface area contributed by atoms with Crippen LogP contribution in [0.5, 0.6) is 0 Å². The van der Waals surface area contributed by atoms with Crippen LogP contribution in [0.25, 0.3) is 12.2 Å². The van der Waals surface area contributed by atoms with Crippen molar-refractivity contribution in [1.29, 1.82) is 5.26 Å². The predicted molar refractivity (Wildman–Crippen MR) is 96.3 cm³/mol. The zero-order valence-corrected chi connectivity index (χ0v) is 12.6. The van der Waals surface area contributed by atoms with Crippen molar-refractivity contribution in [1.82, 2.24) is 0 Å². The summed E-state index contributed by atoms with van der Waals surface area (Å²) in [6.07, 6.45) is 4.11. The van der Waals surface area contributed by atoms with Gasteiger partial charge in [-0.25, -0.2) is 0 Å². The molecular formula is C21H16N2. The van der Waals surface area contributed by atoms with E-state index < -0.39 is 0 Å². The van der Waals surface area contributed by atoms with Crippen LogP contribution in [0.1, 0.15) is 16.7 Å². The first kappa shape index (κ1) is 14.6. The summed E-state index contributed by atoms with van der Waals surface area (Å²) in [5.74, 6) is 0. The Morgan fingerprint density at radius 2 is 1.17 bits per heavy atom. The Bertz CT molecular complexity index is 824. The Morgan fingerprint density at radius 3 is 1.74 bits per heavy atom. The Hall–Kier alpha value is -3.31. The summed E-state index contributed by atoms with van der Waals surface area (Å²) >= 11 is 0. The van der Waals surface area contributed by atoms with Crippen LogP contribution in [0.3, 0.4) is 0 Å². The van der Waals surface area contributed by atoms with E-state index in [-0.39, 0.29) is 0 Å². The summed E-state index contributed by atoms with van der Waals surface area (Å²) in [5.41, 5.74) is 5.03. The average molecular weight is 296 g/mol. The Balaban J connectivity index is 1.67. The van der Waals surface area contributed by atoms with Crippen LogP contribution in [0, 0.1) is 11.3 Å². The van der Waals surface area contributed by atoms with Crippen LogP contribution in [-0.2, 0) is 0 Å². The molecule has 2 heteroatoms. The normalized spacial score (nSPS) is 10.4. The highest BCUT2D eigenvalue weighted by molar-refractivity contribution is 5.71. The van der Waals surface area contributed by atoms with Crippen LogP contribution in [0.4, 0.5) is 11.4 Å². The van der Waals surface area contributed by atoms with E-state index >= 15 is 0 Å². The second-order valence-electron chi connectivity index (χ2n) is 5.18. The largest absolute Gasteiger partial charge is 0.356 e. The van der Waals surface area contributed by atoms with Gasteiger partial charge in [-0.1, -0.05) is 54.6 Å². The second-order valence-corrected chi connectivity index (χ2v) is 5.18. The first-order valence-electron chi connectivity index (χ1n) is 7.44. The van der Waals surface area contributed by atoms with E-state index in [0.717, 1.165) is 22.5 Å². The Labute approximate surface area is 136 Å². The summed E-state index contributed by atoms with van der Waals surface area (Å²) in [5, 5.41) is 12.2. The smallest absolute Gasteiger partial charge is 0.0991 e. The van der Waals surface area contributed by atoms with Gasteiger partial charge in [0.15, 0.2) is 0 Å². The third kappa shape index (κ3) is 4.09. The Morgan fingerprint density at radius 1 is 0.652 bits per heavy atom. The fraction of sp³-hybridized carbons (Fsp3) is 0. The molecular weight excluding hydrogens is 280 g/mol. The molecule has 0 aliphatic carbocycles. The average Bonchev–Trinajstić information content (AvgIpc) is 2.62. The summed E-state index contributed by atoms with van der Waals surface area (Å²) in [6, 6.07) is 28.0. The van der Waals surface area contributed by atoms with Gasteiger partial charge in [-0.3, -0.25) is 0 Å². The SMILES string of the molecule is N#Cc1ccc(C=Cc2ccc(Nc3ccccc3)cc2)cc1. The molecule has 0 saturated carbocycles. The quantitative estimate of drug-likeness (QED) is 0.648. The van der Waals surface area contributed by atoms with Crippen LogP contribution in [0.2, 0.25) is 0 Å². The van der Waals surface area contributed by atoms with Crippen LogP contribution < -0.4 is 5.32 Å². The molecule has 0 spiro atoms. The molecule has 0 bridgehead atoms. The molecule has 0 aromatic heterocycles. The highest BCUT2D eigenvalue weighted by atomic mass is 14.9. The van der Waals surface area contributed by atoms with Crippen molar-refractivity contribution in [3.8, 4) is 6.07 Å². The lowest BCUT2D eigenvalue weighted by atomic mass is 10.1. The first-order chi connectivity index (χ1) is 11.3. The molecule has 0 unspecified atom stereocenters. The molecule has 110 valence electrons. The molecule has 0 fully saturated rings. The van der Waals surface area contributed by atoms with Gasteiger partial charge in [0, 0.05) is 11.4 Å². The molecule has 0 heterocycles. The number of nitriles is 1. The Kier molecular flexibility index (Phi) is 4.52. The molecule has 23 heavy (non-hydrogen) atoms. The van der Waals surface area contributed by atoms with E-state index in [9.17, 15) is 0 Å². The van der Waals surface area contributed by atoms with Gasteiger partial charge < -0.3 is 5.32 Å². The highest BCUT2D eigenvalue weighted by Gasteiger charge is 1.94. The maximum atomic E-state index is 8.79. The molecule has 0 saturated heterocycles. The van der Waals surface area contributed by atoms with E-state index in [1.165, 1.54) is 0 Å². The van der Waals surface area contributed by atoms with Crippen LogP contribution in [-0.4, -0.2) is 0 Å². The topological polar surface area (TPSA) is 35.8 Å². The lowest BCUT2D eigenvalue weighted by Gasteiger charge is -2.06. The minimum Gasteiger partial charge on any atom is -0.356 e. The molecule has 0 atom stereocenters. The maximum absolute atomic E-state index is 8.79. The van der Waals surface area contributed by atoms with Crippen molar-refractivity contribution in [2.24, 2.45) is 0 Å². The fourth-order valence-electron chi connectivity index (χ4n) is 2.23. The second kappa shape index (κ2) is 7.11. The van der Waals surface area contributed by atoms with Gasteiger partial charge in [-0.05, 0) is 47.5 Å². The molecule has 1 N–H and O–H groups in total. The number of para-hydroxylation sites is 1. The predicted octanol–water partition coefficient (Wildman–Crippen LogP) is 5.47. The number of hydrogen-bond donors (Lipinski definition) is 1. The maximum Gasteiger partial charge on any atom is 0.0991 e. The third-order valence-corrected chi connectivity index (χ3v) is 3.48. The fourth-order valence-corrected chi connectivity index (χ4v) is 2.23. The molecule has 0 radical (unpaired) electrons.